The zero-order chi connectivity index (χ0) is 19.1. The average Bonchev–Trinajstić information content (AvgIpc) is 2.60. The quantitative estimate of drug-likeness (QED) is 0.802. The number of carbonyl (C=O) groups excluding carboxylic acids is 1. The van der Waals surface area contributed by atoms with Crippen LogP contribution in [0.1, 0.15) is 19.4 Å². The number of hydrogen-bond donors (Lipinski definition) is 0. The fourth-order valence-electron chi connectivity index (χ4n) is 2.93. The van der Waals surface area contributed by atoms with Crippen molar-refractivity contribution >= 4 is 39.1 Å². The van der Waals surface area contributed by atoms with Gasteiger partial charge in [-0.15, -0.1) is 11.8 Å². The highest BCUT2D eigenvalue weighted by Gasteiger charge is 2.28. The van der Waals surface area contributed by atoms with Crippen LogP contribution in [0.5, 0.6) is 0 Å². The van der Waals surface area contributed by atoms with Crippen LogP contribution in [0.4, 0.5) is 11.4 Å². The third-order valence-corrected chi connectivity index (χ3v) is 7.36. The first-order valence-corrected chi connectivity index (χ1v) is 10.7. The molecular weight excluding hydrogens is 368 g/mol. The second-order valence-electron chi connectivity index (χ2n) is 6.50. The fourth-order valence-corrected chi connectivity index (χ4v) is 5.24. The maximum absolute atomic E-state index is 13.1. The lowest BCUT2D eigenvalue weighted by Crippen LogP contribution is -2.37. The molecule has 1 aliphatic heterocycles. The van der Waals surface area contributed by atoms with Gasteiger partial charge in [0, 0.05) is 30.7 Å². The summed E-state index contributed by atoms with van der Waals surface area (Å²) in [5.41, 5.74) is 2.33. The van der Waals surface area contributed by atoms with Crippen molar-refractivity contribution in [2.75, 3.05) is 22.8 Å². The lowest BCUT2D eigenvalue weighted by molar-refractivity contribution is -0.116. The van der Waals surface area contributed by atoms with Gasteiger partial charge in [-0.2, -0.15) is 0 Å². The van der Waals surface area contributed by atoms with E-state index < -0.39 is 10.0 Å². The monoisotopic (exact) mass is 390 g/mol. The summed E-state index contributed by atoms with van der Waals surface area (Å²) in [6.07, 6.45) is 0. The van der Waals surface area contributed by atoms with Gasteiger partial charge in [0.2, 0.25) is 5.91 Å². The van der Waals surface area contributed by atoms with Crippen LogP contribution in [0.2, 0.25) is 0 Å². The van der Waals surface area contributed by atoms with E-state index in [1.54, 1.807) is 54.0 Å². The van der Waals surface area contributed by atoms with E-state index in [-0.39, 0.29) is 16.1 Å². The lowest BCUT2D eigenvalue weighted by atomic mass is 10.2. The van der Waals surface area contributed by atoms with Crippen LogP contribution in [-0.4, -0.2) is 33.2 Å². The molecule has 1 aliphatic rings. The van der Waals surface area contributed by atoms with Gasteiger partial charge in [-0.1, -0.05) is 24.6 Å². The van der Waals surface area contributed by atoms with Crippen molar-refractivity contribution in [3.63, 3.8) is 0 Å². The van der Waals surface area contributed by atoms with Gasteiger partial charge in [0.15, 0.2) is 0 Å². The predicted octanol–water partition coefficient (Wildman–Crippen LogP) is 3.67. The summed E-state index contributed by atoms with van der Waals surface area (Å²) in [4.78, 5) is 14.8. The number of fused-ring (bicyclic) bond motifs is 1. The van der Waals surface area contributed by atoms with E-state index >= 15 is 0 Å². The predicted molar refractivity (Wildman–Crippen MR) is 107 cm³/mol. The van der Waals surface area contributed by atoms with Crippen molar-refractivity contribution < 1.29 is 13.2 Å². The van der Waals surface area contributed by atoms with E-state index in [1.165, 1.54) is 11.2 Å². The summed E-state index contributed by atoms with van der Waals surface area (Å²) in [6, 6.07) is 12.3. The number of carbonyl (C=O) groups is 1. The number of sulfonamides is 1. The van der Waals surface area contributed by atoms with Crippen LogP contribution in [0.15, 0.2) is 52.3 Å². The first-order valence-electron chi connectivity index (χ1n) is 8.34. The molecule has 0 N–H and O–H groups in total. The number of amides is 1. The first-order chi connectivity index (χ1) is 12.2. The molecule has 5 nitrogen and oxygen atoms in total. The molecule has 3 rings (SSSR count). The Labute approximate surface area is 159 Å². The van der Waals surface area contributed by atoms with Gasteiger partial charge in [0.25, 0.3) is 10.0 Å². The van der Waals surface area contributed by atoms with Crippen LogP contribution < -0.4 is 9.21 Å². The maximum Gasteiger partial charge on any atom is 0.264 e. The first kappa shape index (κ1) is 18.8. The number of benzene rings is 2. The molecule has 0 radical (unpaired) electrons. The Kier molecular flexibility index (Phi) is 5.03. The third-order valence-electron chi connectivity index (χ3n) is 4.43. The van der Waals surface area contributed by atoms with Crippen molar-refractivity contribution in [2.24, 2.45) is 0 Å². The SMILES string of the molecule is CC(=O)N1C[C@H](C)Sc2ccc(S(=O)(=O)N(C)c3ccc(C)cc3)cc21. The molecule has 0 saturated heterocycles. The Balaban J connectivity index is 2.02. The number of rotatable bonds is 3. The molecule has 0 fully saturated rings. The van der Waals surface area contributed by atoms with Crippen LogP contribution in [0.25, 0.3) is 0 Å². The normalized spacial score (nSPS) is 16.9. The topological polar surface area (TPSA) is 57.7 Å². The second-order valence-corrected chi connectivity index (χ2v) is 9.95. The maximum atomic E-state index is 13.1. The molecule has 7 heteroatoms. The van der Waals surface area contributed by atoms with Crippen molar-refractivity contribution in [2.45, 2.75) is 35.8 Å². The third kappa shape index (κ3) is 3.46. The van der Waals surface area contributed by atoms with Gasteiger partial charge in [0.1, 0.15) is 0 Å². The van der Waals surface area contributed by atoms with Gasteiger partial charge in [-0.3, -0.25) is 9.10 Å². The summed E-state index contributed by atoms with van der Waals surface area (Å²) < 4.78 is 27.4. The zero-order valence-electron chi connectivity index (χ0n) is 15.3. The summed E-state index contributed by atoms with van der Waals surface area (Å²) in [6.45, 7) is 6.09. The number of aryl methyl sites for hydroxylation is 1. The Morgan fingerprint density at radius 2 is 1.85 bits per heavy atom. The summed E-state index contributed by atoms with van der Waals surface area (Å²) in [5.74, 6) is -0.0835. The van der Waals surface area contributed by atoms with Crippen molar-refractivity contribution in [3.8, 4) is 0 Å². The van der Waals surface area contributed by atoms with Gasteiger partial charge in [-0.25, -0.2) is 8.42 Å². The summed E-state index contributed by atoms with van der Waals surface area (Å²) >= 11 is 1.66. The van der Waals surface area contributed by atoms with Gasteiger partial charge in [0.05, 0.1) is 16.3 Å². The highest BCUT2D eigenvalue weighted by atomic mass is 32.2. The van der Waals surface area contributed by atoms with Crippen LogP contribution >= 0.6 is 11.8 Å². The summed E-state index contributed by atoms with van der Waals surface area (Å²) in [7, 11) is -2.17. The molecule has 0 bridgehead atoms. The molecule has 0 aliphatic carbocycles. The molecular formula is C19H22N2O3S2. The molecule has 2 aromatic carbocycles. The minimum Gasteiger partial charge on any atom is -0.310 e. The highest BCUT2D eigenvalue weighted by Crippen LogP contribution is 2.40. The largest absolute Gasteiger partial charge is 0.310 e. The van der Waals surface area contributed by atoms with Crippen LogP contribution in [-0.2, 0) is 14.8 Å². The molecule has 2 aromatic rings. The van der Waals surface area contributed by atoms with E-state index in [2.05, 4.69) is 6.92 Å². The molecule has 0 aromatic heterocycles. The van der Waals surface area contributed by atoms with E-state index in [0.717, 1.165) is 10.5 Å². The molecule has 0 spiro atoms. The molecule has 1 heterocycles. The Morgan fingerprint density at radius 1 is 1.19 bits per heavy atom. The average molecular weight is 391 g/mol. The zero-order valence-corrected chi connectivity index (χ0v) is 16.9. The molecule has 26 heavy (non-hydrogen) atoms. The van der Waals surface area contributed by atoms with Gasteiger partial charge < -0.3 is 4.90 Å². The Morgan fingerprint density at radius 3 is 2.46 bits per heavy atom. The van der Waals surface area contributed by atoms with Gasteiger partial charge in [-0.05, 0) is 37.3 Å². The Hall–Kier alpha value is -1.99. The molecule has 0 saturated carbocycles. The van der Waals surface area contributed by atoms with Crippen molar-refractivity contribution in [1.29, 1.82) is 0 Å². The van der Waals surface area contributed by atoms with E-state index in [4.69, 9.17) is 0 Å². The standard InChI is InChI=1S/C19H22N2O3S2/c1-13-5-7-16(8-6-13)20(4)26(23,24)17-9-10-19-18(11-17)21(15(3)22)12-14(2)25-19/h5-11,14H,12H2,1-4H3/t14-/m0/s1. The Bertz CT molecular complexity index is 940. The molecule has 1 atom stereocenters. The second kappa shape index (κ2) is 6.96. The van der Waals surface area contributed by atoms with Crippen LogP contribution in [0, 0.1) is 6.92 Å². The van der Waals surface area contributed by atoms with Gasteiger partial charge >= 0.3 is 0 Å². The molecule has 0 unspecified atom stereocenters. The highest BCUT2D eigenvalue weighted by molar-refractivity contribution is 8.00. The number of anilines is 2. The fraction of sp³-hybridized carbons (Fsp3) is 0.316. The van der Waals surface area contributed by atoms with Crippen LogP contribution in [0.3, 0.4) is 0 Å². The van der Waals surface area contributed by atoms with E-state index in [1.807, 2.05) is 19.1 Å². The lowest BCUT2D eigenvalue weighted by Gasteiger charge is -2.32. The van der Waals surface area contributed by atoms with E-state index in [9.17, 15) is 13.2 Å². The van der Waals surface area contributed by atoms with Crippen molar-refractivity contribution in [1.82, 2.24) is 0 Å². The number of nitrogens with zero attached hydrogens (tertiary/aromatic N) is 2. The molecule has 138 valence electrons. The molecule has 1 amide bonds. The smallest absolute Gasteiger partial charge is 0.264 e. The number of thioether (sulfide) groups is 1. The summed E-state index contributed by atoms with van der Waals surface area (Å²) in [5, 5.41) is 0.268. The minimum absolute atomic E-state index is 0.0835. The number of hydrogen-bond acceptors (Lipinski definition) is 4. The van der Waals surface area contributed by atoms with E-state index in [0.29, 0.717) is 17.9 Å². The minimum atomic E-state index is -3.71. The van der Waals surface area contributed by atoms with Crippen molar-refractivity contribution in [3.05, 3.63) is 48.0 Å².